The summed E-state index contributed by atoms with van der Waals surface area (Å²) in [6.45, 7) is 0.410. The maximum atomic E-state index is 12.2. The number of aryl methyl sites for hydroxylation is 1. The van der Waals surface area contributed by atoms with Crippen LogP contribution < -0.4 is 14.8 Å². The monoisotopic (exact) mass is 338 g/mol. The maximum Gasteiger partial charge on any atom is 0.220 e. The molecule has 0 aliphatic heterocycles. The third-order valence-corrected chi connectivity index (χ3v) is 4.26. The number of amides is 1. The molecule has 130 valence electrons. The number of hydrogen-bond acceptors (Lipinski definition) is 3. The molecule has 0 saturated carbocycles. The second kappa shape index (κ2) is 7.75. The van der Waals surface area contributed by atoms with Gasteiger partial charge in [-0.25, -0.2) is 0 Å². The fourth-order valence-electron chi connectivity index (χ4n) is 2.96. The van der Waals surface area contributed by atoms with E-state index in [4.69, 9.17) is 9.47 Å². The highest BCUT2D eigenvalue weighted by atomic mass is 16.5. The number of carbonyl (C=O) groups is 1. The Balaban J connectivity index is 1.58. The van der Waals surface area contributed by atoms with E-state index in [1.807, 2.05) is 42.6 Å². The largest absolute Gasteiger partial charge is 0.493 e. The van der Waals surface area contributed by atoms with E-state index in [0.29, 0.717) is 30.9 Å². The van der Waals surface area contributed by atoms with Crippen LogP contribution in [-0.4, -0.2) is 25.1 Å². The molecule has 0 unspecified atom stereocenters. The molecule has 0 bridgehead atoms. The minimum atomic E-state index is 0.00940. The standard InChI is InChI=1S/C20H22N2O3/c1-24-18-9-5-6-15(20(18)25-2)13-22-19(23)11-10-14-12-21-17-8-4-3-7-16(14)17/h3-9,12,21H,10-11,13H2,1-2H3,(H,22,23). The lowest BCUT2D eigenvalue weighted by atomic mass is 10.1. The van der Waals surface area contributed by atoms with Gasteiger partial charge < -0.3 is 19.8 Å². The zero-order valence-electron chi connectivity index (χ0n) is 14.5. The number of aromatic amines is 1. The zero-order valence-corrected chi connectivity index (χ0v) is 14.5. The number of fused-ring (bicyclic) bond motifs is 1. The highest BCUT2D eigenvalue weighted by molar-refractivity contribution is 5.84. The van der Waals surface area contributed by atoms with Crippen molar-refractivity contribution in [1.29, 1.82) is 0 Å². The third-order valence-electron chi connectivity index (χ3n) is 4.26. The molecule has 0 fully saturated rings. The Morgan fingerprint density at radius 1 is 1.04 bits per heavy atom. The van der Waals surface area contributed by atoms with Crippen LogP contribution in [0.3, 0.4) is 0 Å². The predicted octanol–water partition coefficient (Wildman–Crippen LogP) is 3.43. The smallest absolute Gasteiger partial charge is 0.220 e. The van der Waals surface area contributed by atoms with Crippen molar-refractivity contribution in [2.45, 2.75) is 19.4 Å². The quantitative estimate of drug-likeness (QED) is 0.694. The van der Waals surface area contributed by atoms with Crippen molar-refractivity contribution in [2.75, 3.05) is 14.2 Å². The van der Waals surface area contributed by atoms with Crippen LogP contribution in [-0.2, 0) is 17.8 Å². The van der Waals surface area contributed by atoms with Crippen LogP contribution >= 0.6 is 0 Å². The molecule has 1 heterocycles. The van der Waals surface area contributed by atoms with Gasteiger partial charge in [0, 0.05) is 35.6 Å². The van der Waals surface area contributed by atoms with Gasteiger partial charge in [-0.1, -0.05) is 30.3 Å². The van der Waals surface area contributed by atoms with Crippen molar-refractivity contribution in [2.24, 2.45) is 0 Å². The van der Waals surface area contributed by atoms with E-state index in [-0.39, 0.29) is 5.91 Å². The van der Waals surface area contributed by atoms with Crippen molar-refractivity contribution in [3.63, 3.8) is 0 Å². The molecule has 2 aromatic carbocycles. The Bertz CT molecular complexity index is 870. The molecule has 0 aliphatic carbocycles. The van der Waals surface area contributed by atoms with Crippen molar-refractivity contribution in [3.05, 3.63) is 59.8 Å². The third kappa shape index (κ3) is 3.76. The molecule has 5 heteroatoms. The summed E-state index contributed by atoms with van der Waals surface area (Å²) in [4.78, 5) is 15.4. The van der Waals surface area contributed by atoms with Crippen molar-refractivity contribution < 1.29 is 14.3 Å². The van der Waals surface area contributed by atoms with E-state index in [0.717, 1.165) is 16.6 Å². The number of aromatic nitrogens is 1. The SMILES string of the molecule is COc1cccc(CNC(=O)CCc2c[nH]c3ccccc23)c1OC. The molecule has 0 aliphatic rings. The summed E-state index contributed by atoms with van der Waals surface area (Å²) < 4.78 is 10.7. The van der Waals surface area contributed by atoms with E-state index >= 15 is 0 Å². The van der Waals surface area contributed by atoms with Gasteiger partial charge in [0.15, 0.2) is 11.5 Å². The first-order valence-electron chi connectivity index (χ1n) is 8.24. The van der Waals surface area contributed by atoms with Gasteiger partial charge >= 0.3 is 0 Å². The highest BCUT2D eigenvalue weighted by Gasteiger charge is 2.11. The Kier molecular flexibility index (Phi) is 5.23. The molecule has 2 N–H and O–H groups in total. The van der Waals surface area contributed by atoms with Crippen molar-refractivity contribution in [3.8, 4) is 11.5 Å². The summed E-state index contributed by atoms with van der Waals surface area (Å²) >= 11 is 0. The lowest BCUT2D eigenvalue weighted by Gasteiger charge is -2.13. The molecule has 0 radical (unpaired) electrons. The average molecular weight is 338 g/mol. The summed E-state index contributed by atoms with van der Waals surface area (Å²) in [5, 5.41) is 4.12. The molecule has 3 rings (SSSR count). The van der Waals surface area contributed by atoms with Crippen LogP contribution in [0.5, 0.6) is 11.5 Å². The van der Waals surface area contributed by atoms with Crippen molar-refractivity contribution in [1.82, 2.24) is 10.3 Å². The second-order valence-corrected chi connectivity index (χ2v) is 5.79. The molecule has 3 aromatic rings. The molecule has 0 spiro atoms. The van der Waals surface area contributed by atoms with Gasteiger partial charge in [0.2, 0.25) is 5.91 Å². The van der Waals surface area contributed by atoms with E-state index in [2.05, 4.69) is 16.4 Å². The maximum absolute atomic E-state index is 12.2. The molecular weight excluding hydrogens is 316 g/mol. The molecule has 25 heavy (non-hydrogen) atoms. The summed E-state index contributed by atoms with van der Waals surface area (Å²) in [7, 11) is 3.20. The van der Waals surface area contributed by atoms with Crippen LogP contribution in [0.1, 0.15) is 17.5 Å². The molecule has 1 aromatic heterocycles. The number of rotatable bonds is 7. The number of nitrogens with one attached hydrogen (secondary N) is 2. The fourth-order valence-corrected chi connectivity index (χ4v) is 2.96. The van der Waals surface area contributed by atoms with E-state index in [1.54, 1.807) is 14.2 Å². The van der Waals surface area contributed by atoms with Gasteiger partial charge in [-0.05, 0) is 24.1 Å². The van der Waals surface area contributed by atoms with Gasteiger partial charge in [-0.15, -0.1) is 0 Å². The topological polar surface area (TPSA) is 63.3 Å². The van der Waals surface area contributed by atoms with E-state index in [1.165, 1.54) is 5.39 Å². The summed E-state index contributed by atoms with van der Waals surface area (Å²) in [5.74, 6) is 1.32. The number of hydrogen-bond donors (Lipinski definition) is 2. The lowest BCUT2D eigenvalue weighted by Crippen LogP contribution is -2.23. The van der Waals surface area contributed by atoms with Gasteiger partial charge in [-0.3, -0.25) is 4.79 Å². The molecule has 0 saturated heterocycles. The van der Waals surface area contributed by atoms with E-state index < -0.39 is 0 Å². The minimum Gasteiger partial charge on any atom is -0.493 e. The number of H-pyrrole nitrogens is 1. The van der Waals surface area contributed by atoms with Gasteiger partial charge in [0.1, 0.15) is 0 Å². The fraction of sp³-hybridized carbons (Fsp3) is 0.250. The van der Waals surface area contributed by atoms with Crippen LogP contribution in [0.2, 0.25) is 0 Å². The average Bonchev–Trinajstić information content (AvgIpc) is 3.07. The van der Waals surface area contributed by atoms with E-state index in [9.17, 15) is 4.79 Å². The Labute approximate surface area is 147 Å². The van der Waals surface area contributed by atoms with Crippen LogP contribution in [0.4, 0.5) is 0 Å². The summed E-state index contributed by atoms with van der Waals surface area (Å²) in [6, 6.07) is 13.7. The first-order valence-corrected chi connectivity index (χ1v) is 8.24. The van der Waals surface area contributed by atoms with Crippen LogP contribution in [0.25, 0.3) is 10.9 Å². The number of carbonyl (C=O) groups excluding carboxylic acids is 1. The number of para-hydroxylation sites is 2. The Morgan fingerprint density at radius 2 is 1.88 bits per heavy atom. The molecular formula is C20H22N2O3. The highest BCUT2D eigenvalue weighted by Crippen LogP contribution is 2.30. The number of methoxy groups -OCH3 is 2. The van der Waals surface area contributed by atoms with Gasteiger partial charge in [0.25, 0.3) is 0 Å². The van der Waals surface area contributed by atoms with Crippen LogP contribution in [0, 0.1) is 0 Å². The zero-order chi connectivity index (χ0) is 17.6. The van der Waals surface area contributed by atoms with Crippen molar-refractivity contribution >= 4 is 16.8 Å². The Morgan fingerprint density at radius 3 is 2.68 bits per heavy atom. The molecule has 0 atom stereocenters. The van der Waals surface area contributed by atoms with Gasteiger partial charge in [0.05, 0.1) is 14.2 Å². The first-order chi connectivity index (χ1) is 12.2. The minimum absolute atomic E-state index is 0.00940. The lowest BCUT2D eigenvalue weighted by molar-refractivity contribution is -0.121. The number of ether oxygens (including phenoxy) is 2. The molecule has 1 amide bonds. The molecule has 5 nitrogen and oxygen atoms in total. The predicted molar refractivity (Wildman–Crippen MR) is 98.0 cm³/mol. The Hall–Kier alpha value is -2.95. The van der Waals surface area contributed by atoms with Crippen LogP contribution in [0.15, 0.2) is 48.7 Å². The normalized spacial score (nSPS) is 10.6. The number of benzene rings is 2. The summed E-state index contributed by atoms with van der Waals surface area (Å²) in [6.07, 6.45) is 3.11. The summed E-state index contributed by atoms with van der Waals surface area (Å²) in [5.41, 5.74) is 3.14. The second-order valence-electron chi connectivity index (χ2n) is 5.79. The first kappa shape index (κ1) is 16.9. The van der Waals surface area contributed by atoms with Gasteiger partial charge in [-0.2, -0.15) is 0 Å².